The molecule has 3 nitrogen and oxygen atoms in total. The Morgan fingerprint density at radius 1 is 1.28 bits per heavy atom. The van der Waals surface area contributed by atoms with Crippen LogP contribution in [0.2, 0.25) is 0 Å². The third kappa shape index (κ3) is 2.50. The van der Waals surface area contributed by atoms with Crippen LogP contribution in [0.4, 0.5) is 0 Å². The summed E-state index contributed by atoms with van der Waals surface area (Å²) in [5.41, 5.74) is 2.32. The molecule has 1 fully saturated rings. The second-order valence-corrected chi connectivity index (χ2v) is 5.54. The van der Waals surface area contributed by atoms with Gasteiger partial charge in [-0.3, -0.25) is 0 Å². The maximum Gasteiger partial charge on any atom is 0.165 e. The number of methoxy groups -OCH3 is 2. The van der Waals surface area contributed by atoms with E-state index in [1.165, 1.54) is 18.4 Å². The van der Waals surface area contributed by atoms with Crippen molar-refractivity contribution in [2.75, 3.05) is 27.3 Å². The molecule has 0 aliphatic carbocycles. The highest BCUT2D eigenvalue weighted by Gasteiger charge is 2.23. The second-order valence-electron chi connectivity index (χ2n) is 4.68. The summed E-state index contributed by atoms with van der Waals surface area (Å²) in [5, 5.41) is 3.44. The maximum absolute atomic E-state index is 5.58. The average molecular weight is 314 g/mol. The van der Waals surface area contributed by atoms with Crippen molar-refractivity contribution in [1.82, 2.24) is 5.32 Å². The zero-order chi connectivity index (χ0) is 13.1. The molecule has 0 saturated carbocycles. The number of rotatable bonds is 3. The molecule has 1 aliphatic rings. The van der Waals surface area contributed by atoms with Crippen molar-refractivity contribution in [3.05, 3.63) is 21.7 Å². The first-order chi connectivity index (χ1) is 8.69. The van der Waals surface area contributed by atoms with Crippen LogP contribution in [-0.4, -0.2) is 27.3 Å². The number of ether oxygens (including phenoxy) is 2. The molecule has 0 radical (unpaired) electrons. The van der Waals surface area contributed by atoms with Crippen LogP contribution in [0.3, 0.4) is 0 Å². The molecule has 100 valence electrons. The molecule has 1 unspecified atom stereocenters. The van der Waals surface area contributed by atoms with Crippen LogP contribution < -0.4 is 14.8 Å². The SMILES string of the molecule is COc1c(C2CCCNC2)cc(Br)c(C)c1OC. The Morgan fingerprint density at radius 3 is 2.56 bits per heavy atom. The Balaban J connectivity index is 2.47. The van der Waals surface area contributed by atoms with Crippen molar-refractivity contribution in [1.29, 1.82) is 0 Å². The number of nitrogens with one attached hydrogen (secondary N) is 1. The van der Waals surface area contributed by atoms with Gasteiger partial charge in [0.05, 0.1) is 14.2 Å². The second kappa shape index (κ2) is 5.93. The van der Waals surface area contributed by atoms with Crippen molar-refractivity contribution in [2.24, 2.45) is 0 Å². The fourth-order valence-electron chi connectivity index (χ4n) is 2.60. The van der Waals surface area contributed by atoms with E-state index in [-0.39, 0.29) is 0 Å². The summed E-state index contributed by atoms with van der Waals surface area (Å²) >= 11 is 3.61. The minimum absolute atomic E-state index is 0.500. The number of halogens is 1. The average Bonchev–Trinajstić information content (AvgIpc) is 2.42. The first-order valence-corrected chi connectivity index (χ1v) is 7.10. The van der Waals surface area contributed by atoms with Crippen LogP contribution >= 0.6 is 15.9 Å². The summed E-state index contributed by atoms with van der Waals surface area (Å²) in [7, 11) is 3.41. The van der Waals surface area contributed by atoms with E-state index < -0.39 is 0 Å². The van der Waals surface area contributed by atoms with Gasteiger partial charge in [-0.05, 0) is 32.4 Å². The molecule has 4 heteroatoms. The van der Waals surface area contributed by atoms with Crippen molar-refractivity contribution in [3.8, 4) is 11.5 Å². The Bertz CT molecular complexity index is 428. The summed E-state index contributed by atoms with van der Waals surface area (Å²) in [6.45, 7) is 4.16. The lowest BCUT2D eigenvalue weighted by atomic mass is 9.90. The van der Waals surface area contributed by atoms with E-state index in [1.54, 1.807) is 14.2 Å². The third-order valence-electron chi connectivity index (χ3n) is 3.59. The molecule has 1 aromatic carbocycles. The quantitative estimate of drug-likeness (QED) is 0.929. The van der Waals surface area contributed by atoms with Gasteiger partial charge >= 0.3 is 0 Å². The van der Waals surface area contributed by atoms with Gasteiger partial charge in [0, 0.05) is 28.1 Å². The molecule has 0 amide bonds. The molecule has 1 saturated heterocycles. The fraction of sp³-hybridized carbons (Fsp3) is 0.571. The smallest absolute Gasteiger partial charge is 0.165 e. The van der Waals surface area contributed by atoms with Gasteiger partial charge < -0.3 is 14.8 Å². The zero-order valence-corrected chi connectivity index (χ0v) is 12.8. The Hall–Kier alpha value is -0.740. The summed E-state index contributed by atoms with van der Waals surface area (Å²) in [5.74, 6) is 2.22. The summed E-state index contributed by atoms with van der Waals surface area (Å²) < 4.78 is 12.2. The van der Waals surface area contributed by atoms with Crippen molar-refractivity contribution in [3.63, 3.8) is 0 Å². The highest BCUT2D eigenvalue weighted by atomic mass is 79.9. The molecular weight excluding hydrogens is 294 g/mol. The van der Waals surface area contributed by atoms with Crippen LogP contribution in [0, 0.1) is 6.92 Å². The Kier molecular flexibility index (Phi) is 4.51. The van der Waals surface area contributed by atoms with Gasteiger partial charge in [-0.15, -0.1) is 0 Å². The van der Waals surface area contributed by atoms with Crippen molar-refractivity contribution >= 4 is 15.9 Å². The predicted octanol–water partition coefficient (Wildman–Crippen LogP) is 3.24. The van der Waals surface area contributed by atoms with E-state index in [4.69, 9.17) is 9.47 Å². The molecule has 1 heterocycles. The normalized spacial score (nSPS) is 19.7. The molecule has 1 N–H and O–H groups in total. The molecule has 1 atom stereocenters. The van der Waals surface area contributed by atoms with E-state index in [0.717, 1.165) is 34.6 Å². The summed E-state index contributed by atoms with van der Waals surface area (Å²) in [6, 6.07) is 2.17. The molecule has 1 aromatic rings. The molecule has 0 spiro atoms. The monoisotopic (exact) mass is 313 g/mol. The largest absolute Gasteiger partial charge is 0.493 e. The minimum atomic E-state index is 0.500. The van der Waals surface area contributed by atoms with Gasteiger partial charge in [0.2, 0.25) is 0 Å². The van der Waals surface area contributed by atoms with Crippen LogP contribution in [-0.2, 0) is 0 Å². The van der Waals surface area contributed by atoms with Gasteiger partial charge in [-0.25, -0.2) is 0 Å². The zero-order valence-electron chi connectivity index (χ0n) is 11.2. The van der Waals surface area contributed by atoms with E-state index in [9.17, 15) is 0 Å². The van der Waals surface area contributed by atoms with E-state index in [0.29, 0.717) is 5.92 Å². The van der Waals surface area contributed by atoms with Crippen molar-refractivity contribution < 1.29 is 9.47 Å². The Labute approximate surface area is 117 Å². The van der Waals surface area contributed by atoms with Crippen LogP contribution in [0.5, 0.6) is 11.5 Å². The van der Waals surface area contributed by atoms with Crippen LogP contribution in [0.25, 0.3) is 0 Å². The highest BCUT2D eigenvalue weighted by molar-refractivity contribution is 9.10. The van der Waals surface area contributed by atoms with E-state index in [1.807, 2.05) is 6.92 Å². The lowest BCUT2D eigenvalue weighted by Crippen LogP contribution is -2.28. The highest BCUT2D eigenvalue weighted by Crippen LogP contribution is 2.43. The molecule has 2 rings (SSSR count). The number of hydrogen-bond acceptors (Lipinski definition) is 3. The molecular formula is C14H20BrNO2. The third-order valence-corrected chi connectivity index (χ3v) is 4.42. The fourth-order valence-corrected chi connectivity index (χ4v) is 3.02. The lowest BCUT2D eigenvalue weighted by Gasteiger charge is -2.26. The number of hydrogen-bond donors (Lipinski definition) is 1. The van der Waals surface area contributed by atoms with E-state index >= 15 is 0 Å². The predicted molar refractivity (Wildman–Crippen MR) is 76.8 cm³/mol. The minimum Gasteiger partial charge on any atom is -0.493 e. The Morgan fingerprint density at radius 2 is 2.00 bits per heavy atom. The van der Waals surface area contributed by atoms with Gasteiger partial charge in [0.15, 0.2) is 11.5 Å². The standard InChI is InChI=1S/C14H20BrNO2/c1-9-12(15)7-11(10-5-4-6-16-8-10)14(18-3)13(9)17-2/h7,10,16H,4-6,8H2,1-3H3. The topological polar surface area (TPSA) is 30.5 Å². The van der Waals surface area contributed by atoms with Crippen LogP contribution in [0.1, 0.15) is 29.9 Å². The van der Waals surface area contributed by atoms with Gasteiger partial charge in [-0.2, -0.15) is 0 Å². The summed E-state index contributed by atoms with van der Waals surface area (Å²) in [4.78, 5) is 0. The number of benzene rings is 1. The summed E-state index contributed by atoms with van der Waals surface area (Å²) in [6.07, 6.45) is 2.41. The first kappa shape index (κ1) is 13.7. The van der Waals surface area contributed by atoms with Crippen LogP contribution in [0.15, 0.2) is 10.5 Å². The van der Waals surface area contributed by atoms with E-state index in [2.05, 4.69) is 27.3 Å². The molecule has 0 bridgehead atoms. The molecule has 1 aliphatic heterocycles. The first-order valence-electron chi connectivity index (χ1n) is 6.30. The van der Waals surface area contributed by atoms with Gasteiger partial charge in [0.25, 0.3) is 0 Å². The molecule has 0 aromatic heterocycles. The van der Waals surface area contributed by atoms with Gasteiger partial charge in [-0.1, -0.05) is 15.9 Å². The lowest BCUT2D eigenvalue weighted by molar-refractivity contribution is 0.342. The van der Waals surface area contributed by atoms with Crippen molar-refractivity contribution in [2.45, 2.75) is 25.7 Å². The van der Waals surface area contributed by atoms with Gasteiger partial charge in [0.1, 0.15) is 0 Å². The molecule has 18 heavy (non-hydrogen) atoms. The number of piperidine rings is 1. The maximum atomic E-state index is 5.58.